The van der Waals surface area contributed by atoms with Gasteiger partial charge in [0.2, 0.25) is 0 Å². The van der Waals surface area contributed by atoms with Crippen molar-refractivity contribution in [3.05, 3.63) is 0 Å². The molecular formula is C12H20O4. The van der Waals surface area contributed by atoms with Crippen molar-refractivity contribution < 1.29 is 19.4 Å². The second-order valence-electron chi connectivity index (χ2n) is 4.89. The largest absolute Gasteiger partial charge is 0.479 e. The summed E-state index contributed by atoms with van der Waals surface area (Å²) < 4.78 is 10.4. The first-order valence-corrected chi connectivity index (χ1v) is 6.18. The molecule has 2 fully saturated rings. The van der Waals surface area contributed by atoms with Crippen LogP contribution in [0.15, 0.2) is 0 Å². The molecule has 16 heavy (non-hydrogen) atoms. The van der Waals surface area contributed by atoms with E-state index >= 15 is 0 Å². The molecule has 1 saturated heterocycles. The molecule has 1 saturated carbocycles. The zero-order chi connectivity index (χ0) is 11.4. The molecule has 0 spiro atoms. The highest BCUT2D eigenvalue weighted by Gasteiger charge is 2.52. The summed E-state index contributed by atoms with van der Waals surface area (Å²) in [4.78, 5) is 10.8. The summed E-state index contributed by atoms with van der Waals surface area (Å²) >= 11 is 0. The van der Waals surface area contributed by atoms with E-state index < -0.39 is 11.6 Å². The van der Waals surface area contributed by atoms with Gasteiger partial charge in [-0.05, 0) is 18.8 Å². The summed E-state index contributed by atoms with van der Waals surface area (Å²) in [6, 6.07) is 0. The zero-order valence-corrected chi connectivity index (χ0v) is 9.61. The molecule has 0 aromatic rings. The van der Waals surface area contributed by atoms with Crippen LogP contribution in [0.5, 0.6) is 0 Å². The third-order valence-corrected chi connectivity index (χ3v) is 3.66. The van der Waals surface area contributed by atoms with Gasteiger partial charge >= 0.3 is 5.97 Å². The molecule has 0 radical (unpaired) electrons. The highest BCUT2D eigenvalue weighted by Crippen LogP contribution is 2.31. The van der Waals surface area contributed by atoms with E-state index in [2.05, 4.69) is 0 Å². The van der Waals surface area contributed by atoms with Crippen LogP contribution in [0.1, 0.15) is 38.5 Å². The Morgan fingerprint density at radius 1 is 1.44 bits per heavy atom. The Labute approximate surface area is 95.9 Å². The van der Waals surface area contributed by atoms with Gasteiger partial charge in [0.15, 0.2) is 5.60 Å². The van der Waals surface area contributed by atoms with E-state index in [1.165, 1.54) is 25.7 Å². The van der Waals surface area contributed by atoms with Crippen LogP contribution in [0.4, 0.5) is 0 Å². The van der Waals surface area contributed by atoms with Crippen LogP contribution in [0, 0.1) is 5.92 Å². The molecule has 0 aromatic heterocycles. The predicted octanol–water partition coefficient (Wildman–Crippen LogP) is 1.83. The molecule has 4 nitrogen and oxygen atoms in total. The Morgan fingerprint density at radius 2 is 2.19 bits per heavy atom. The van der Waals surface area contributed by atoms with E-state index in [-0.39, 0.29) is 0 Å². The highest BCUT2D eigenvalue weighted by molar-refractivity contribution is 5.80. The van der Waals surface area contributed by atoms with Crippen LogP contribution in [0.2, 0.25) is 0 Å². The number of hydrogen-bond donors (Lipinski definition) is 1. The first-order chi connectivity index (χ1) is 7.73. The normalized spacial score (nSPS) is 28.8. The van der Waals surface area contributed by atoms with Crippen molar-refractivity contribution in [1.29, 1.82) is 0 Å². The first-order valence-electron chi connectivity index (χ1n) is 6.18. The van der Waals surface area contributed by atoms with E-state index in [1.54, 1.807) is 0 Å². The Bertz CT molecular complexity index is 243. The topological polar surface area (TPSA) is 59.1 Å². The van der Waals surface area contributed by atoms with Crippen molar-refractivity contribution in [3.63, 3.8) is 0 Å². The average Bonchev–Trinajstić information content (AvgIpc) is 2.94. The molecule has 4 heteroatoms. The lowest BCUT2D eigenvalue weighted by atomic mass is 9.82. The molecule has 1 N–H and O–H groups in total. The summed E-state index contributed by atoms with van der Waals surface area (Å²) in [7, 11) is 0. The number of hydrogen-bond acceptors (Lipinski definition) is 3. The smallest absolute Gasteiger partial charge is 0.338 e. The second kappa shape index (κ2) is 5.15. The molecule has 1 aliphatic heterocycles. The van der Waals surface area contributed by atoms with Crippen LogP contribution in [-0.2, 0) is 14.3 Å². The third kappa shape index (κ3) is 2.95. The van der Waals surface area contributed by atoms with E-state index in [0.29, 0.717) is 19.6 Å². The Morgan fingerprint density at radius 3 is 2.69 bits per heavy atom. The fourth-order valence-electron chi connectivity index (χ4n) is 2.06. The molecule has 0 aromatic carbocycles. The fourth-order valence-corrected chi connectivity index (χ4v) is 2.06. The lowest BCUT2D eigenvalue weighted by Crippen LogP contribution is -2.25. The van der Waals surface area contributed by atoms with Gasteiger partial charge in [-0.25, -0.2) is 4.79 Å². The molecule has 92 valence electrons. The number of epoxide rings is 1. The number of carboxylic acids is 1. The lowest BCUT2D eigenvalue weighted by Gasteiger charge is -2.24. The third-order valence-electron chi connectivity index (χ3n) is 3.66. The molecular weight excluding hydrogens is 208 g/mol. The van der Waals surface area contributed by atoms with Gasteiger partial charge in [-0.15, -0.1) is 0 Å². The van der Waals surface area contributed by atoms with Crippen molar-refractivity contribution in [2.45, 2.75) is 44.1 Å². The maximum Gasteiger partial charge on any atom is 0.338 e. The summed E-state index contributed by atoms with van der Waals surface area (Å²) in [6.07, 6.45) is 7.01. The van der Waals surface area contributed by atoms with Gasteiger partial charge in [0.25, 0.3) is 0 Å². The fraction of sp³-hybridized carbons (Fsp3) is 0.917. The Kier molecular flexibility index (Phi) is 3.82. The van der Waals surface area contributed by atoms with Crippen molar-refractivity contribution in [3.8, 4) is 0 Å². The average molecular weight is 228 g/mol. The maximum atomic E-state index is 10.8. The number of ether oxygens (including phenoxy) is 2. The quantitative estimate of drug-likeness (QED) is 0.508. The molecule has 1 unspecified atom stereocenters. The van der Waals surface area contributed by atoms with Crippen molar-refractivity contribution in [2.75, 3.05) is 19.8 Å². The zero-order valence-electron chi connectivity index (χ0n) is 9.61. The van der Waals surface area contributed by atoms with Gasteiger partial charge in [0.05, 0.1) is 6.61 Å². The van der Waals surface area contributed by atoms with Crippen molar-refractivity contribution >= 4 is 5.97 Å². The summed E-state index contributed by atoms with van der Waals surface area (Å²) in [5, 5.41) is 8.84. The summed E-state index contributed by atoms with van der Waals surface area (Å²) in [6.45, 7) is 1.59. The lowest BCUT2D eigenvalue weighted by molar-refractivity contribution is -0.144. The minimum atomic E-state index is -0.909. The molecule has 1 aliphatic carbocycles. The van der Waals surface area contributed by atoms with Crippen molar-refractivity contribution in [2.24, 2.45) is 5.92 Å². The predicted molar refractivity (Wildman–Crippen MR) is 58.3 cm³/mol. The van der Waals surface area contributed by atoms with Crippen LogP contribution < -0.4 is 0 Å². The molecule has 0 amide bonds. The van der Waals surface area contributed by atoms with E-state index in [0.717, 1.165) is 18.9 Å². The highest BCUT2D eigenvalue weighted by atomic mass is 16.6. The van der Waals surface area contributed by atoms with Gasteiger partial charge in [-0.3, -0.25) is 0 Å². The van der Waals surface area contributed by atoms with Crippen LogP contribution in [-0.4, -0.2) is 36.5 Å². The van der Waals surface area contributed by atoms with Gasteiger partial charge in [-0.1, -0.05) is 19.3 Å². The summed E-state index contributed by atoms with van der Waals surface area (Å²) in [5.41, 5.74) is -0.909. The van der Waals surface area contributed by atoms with Gasteiger partial charge in [-0.2, -0.15) is 0 Å². The number of carbonyl (C=O) groups is 1. The van der Waals surface area contributed by atoms with Crippen molar-refractivity contribution in [1.82, 2.24) is 0 Å². The molecule has 2 rings (SSSR count). The van der Waals surface area contributed by atoms with Crippen LogP contribution >= 0.6 is 0 Å². The van der Waals surface area contributed by atoms with Gasteiger partial charge in [0, 0.05) is 19.6 Å². The molecule has 0 bridgehead atoms. The van der Waals surface area contributed by atoms with Gasteiger partial charge < -0.3 is 14.6 Å². The van der Waals surface area contributed by atoms with Gasteiger partial charge in [0.1, 0.15) is 0 Å². The standard InChI is InChI=1S/C12H20O4/c13-11(14)12(9-16-12)6-8-15-7-2-5-10-3-1-4-10/h10H,1-9H2,(H,13,14). The number of carboxylic acid groups (broad SMARTS) is 1. The second-order valence-corrected chi connectivity index (χ2v) is 4.89. The number of aliphatic carboxylic acids is 1. The monoisotopic (exact) mass is 228 g/mol. The van der Waals surface area contributed by atoms with Crippen LogP contribution in [0.25, 0.3) is 0 Å². The minimum Gasteiger partial charge on any atom is -0.479 e. The van der Waals surface area contributed by atoms with E-state index in [9.17, 15) is 4.79 Å². The number of rotatable bonds is 8. The van der Waals surface area contributed by atoms with Crippen LogP contribution in [0.3, 0.4) is 0 Å². The molecule has 2 aliphatic rings. The Hall–Kier alpha value is -0.610. The summed E-state index contributed by atoms with van der Waals surface area (Å²) in [5.74, 6) is 0.0753. The maximum absolute atomic E-state index is 10.8. The van der Waals surface area contributed by atoms with E-state index in [1.807, 2.05) is 0 Å². The SMILES string of the molecule is O=C(O)C1(CCOCCCC2CCC2)CO1. The molecule has 1 atom stereocenters. The Balaban J connectivity index is 1.44. The van der Waals surface area contributed by atoms with E-state index in [4.69, 9.17) is 14.6 Å². The first kappa shape index (κ1) is 11.9. The molecule has 1 heterocycles. The minimum absolute atomic E-state index is 0.341.